The summed E-state index contributed by atoms with van der Waals surface area (Å²) in [7, 11) is 0. The number of amides is 1. The molecule has 1 aromatic carbocycles. The Morgan fingerprint density at radius 1 is 1.29 bits per heavy atom. The lowest BCUT2D eigenvalue weighted by atomic mass is 10.0. The van der Waals surface area contributed by atoms with Crippen LogP contribution in [0.4, 0.5) is 0 Å². The van der Waals surface area contributed by atoms with Gasteiger partial charge in [-0.05, 0) is 29.2 Å². The summed E-state index contributed by atoms with van der Waals surface area (Å²) >= 11 is 0. The molecule has 0 spiro atoms. The standard InChI is InChI=1S/C19H18N4O/c20-10-18(19(24)22-12-15-4-3-8-21-11-15)14-23-9-7-16-5-1-2-6-17(16)13-23/h1-6,8,11,14H,7,9,12-13H2,(H,22,24)/b18-14-. The minimum Gasteiger partial charge on any atom is -0.371 e. The summed E-state index contributed by atoms with van der Waals surface area (Å²) in [6, 6.07) is 14.0. The molecule has 1 N–H and O–H groups in total. The van der Waals surface area contributed by atoms with E-state index in [2.05, 4.69) is 22.4 Å². The third-order valence-electron chi connectivity index (χ3n) is 4.01. The highest BCUT2D eigenvalue weighted by Crippen LogP contribution is 2.19. The zero-order chi connectivity index (χ0) is 16.8. The Labute approximate surface area is 141 Å². The summed E-state index contributed by atoms with van der Waals surface area (Å²) < 4.78 is 0. The van der Waals surface area contributed by atoms with Crippen LogP contribution in [-0.2, 0) is 24.3 Å². The summed E-state index contributed by atoms with van der Waals surface area (Å²) in [6.07, 6.45) is 5.95. The normalized spacial score (nSPS) is 13.8. The second-order valence-electron chi connectivity index (χ2n) is 5.69. The smallest absolute Gasteiger partial charge is 0.263 e. The summed E-state index contributed by atoms with van der Waals surface area (Å²) in [5, 5.41) is 12.1. The molecule has 0 bridgehead atoms. The fourth-order valence-electron chi connectivity index (χ4n) is 2.73. The second-order valence-corrected chi connectivity index (χ2v) is 5.69. The molecule has 0 atom stereocenters. The molecule has 0 radical (unpaired) electrons. The zero-order valence-corrected chi connectivity index (χ0v) is 13.3. The van der Waals surface area contributed by atoms with Gasteiger partial charge >= 0.3 is 0 Å². The molecule has 3 rings (SSSR count). The van der Waals surface area contributed by atoms with Crippen LogP contribution in [0.25, 0.3) is 0 Å². The van der Waals surface area contributed by atoms with E-state index in [1.807, 2.05) is 35.2 Å². The van der Waals surface area contributed by atoms with Gasteiger partial charge in [-0.15, -0.1) is 0 Å². The first-order valence-corrected chi connectivity index (χ1v) is 7.86. The summed E-state index contributed by atoms with van der Waals surface area (Å²) in [6.45, 7) is 1.88. The molecule has 1 aliphatic heterocycles. The number of fused-ring (bicyclic) bond motifs is 1. The Hall–Kier alpha value is -3.13. The van der Waals surface area contributed by atoms with Crippen molar-refractivity contribution in [3.05, 3.63) is 77.3 Å². The highest BCUT2D eigenvalue weighted by molar-refractivity contribution is 5.97. The number of hydrogen-bond acceptors (Lipinski definition) is 4. The van der Waals surface area contributed by atoms with Crippen molar-refractivity contribution in [2.24, 2.45) is 0 Å². The number of nitriles is 1. The van der Waals surface area contributed by atoms with Crippen molar-refractivity contribution in [1.29, 1.82) is 5.26 Å². The fraction of sp³-hybridized carbons (Fsp3) is 0.211. The van der Waals surface area contributed by atoms with Crippen LogP contribution in [0.1, 0.15) is 16.7 Å². The van der Waals surface area contributed by atoms with Crippen LogP contribution in [0, 0.1) is 11.3 Å². The van der Waals surface area contributed by atoms with Crippen LogP contribution in [0.3, 0.4) is 0 Å². The Balaban J connectivity index is 1.64. The van der Waals surface area contributed by atoms with E-state index in [9.17, 15) is 10.1 Å². The minimum atomic E-state index is -0.361. The minimum absolute atomic E-state index is 0.123. The molecule has 120 valence electrons. The average Bonchev–Trinajstić information content (AvgIpc) is 2.65. The van der Waals surface area contributed by atoms with Crippen LogP contribution in [0.15, 0.2) is 60.6 Å². The number of aromatic nitrogens is 1. The molecule has 0 saturated carbocycles. The molecular formula is C19H18N4O. The van der Waals surface area contributed by atoms with Crippen molar-refractivity contribution in [2.45, 2.75) is 19.5 Å². The van der Waals surface area contributed by atoms with E-state index in [0.29, 0.717) is 6.54 Å². The summed E-state index contributed by atoms with van der Waals surface area (Å²) in [5.74, 6) is -0.361. The summed E-state index contributed by atoms with van der Waals surface area (Å²) in [4.78, 5) is 18.2. The topological polar surface area (TPSA) is 69.0 Å². The molecule has 1 aliphatic rings. The van der Waals surface area contributed by atoms with Gasteiger partial charge in [0.2, 0.25) is 0 Å². The largest absolute Gasteiger partial charge is 0.371 e. The lowest BCUT2D eigenvalue weighted by Crippen LogP contribution is -2.29. The van der Waals surface area contributed by atoms with Crippen LogP contribution in [0.2, 0.25) is 0 Å². The molecule has 0 unspecified atom stereocenters. The van der Waals surface area contributed by atoms with E-state index in [0.717, 1.165) is 25.1 Å². The maximum absolute atomic E-state index is 12.2. The second kappa shape index (κ2) is 7.42. The third-order valence-corrected chi connectivity index (χ3v) is 4.01. The maximum Gasteiger partial charge on any atom is 0.263 e. The Morgan fingerprint density at radius 2 is 2.12 bits per heavy atom. The van der Waals surface area contributed by atoms with Crippen LogP contribution in [0.5, 0.6) is 0 Å². The van der Waals surface area contributed by atoms with Crippen molar-refractivity contribution in [3.63, 3.8) is 0 Å². The van der Waals surface area contributed by atoms with Gasteiger partial charge in [-0.2, -0.15) is 5.26 Å². The highest BCUT2D eigenvalue weighted by Gasteiger charge is 2.16. The van der Waals surface area contributed by atoms with Crippen molar-refractivity contribution in [2.75, 3.05) is 6.54 Å². The van der Waals surface area contributed by atoms with Gasteiger partial charge in [-0.3, -0.25) is 9.78 Å². The first-order chi connectivity index (χ1) is 11.8. The Bertz CT molecular complexity index is 793. The summed E-state index contributed by atoms with van der Waals surface area (Å²) in [5.41, 5.74) is 3.60. The molecule has 5 nitrogen and oxygen atoms in total. The van der Waals surface area contributed by atoms with E-state index in [1.165, 1.54) is 11.1 Å². The SMILES string of the molecule is N#C/C(=C/N1CCc2ccccc2C1)C(=O)NCc1cccnc1. The van der Waals surface area contributed by atoms with Gasteiger partial charge in [0.1, 0.15) is 11.6 Å². The molecule has 1 amide bonds. The number of nitrogens with zero attached hydrogens (tertiary/aromatic N) is 3. The molecule has 5 heteroatoms. The maximum atomic E-state index is 12.2. The number of carbonyl (C=O) groups is 1. The van der Waals surface area contributed by atoms with Gasteiger partial charge in [0.25, 0.3) is 5.91 Å². The predicted octanol–water partition coefficient (Wildman–Crippen LogP) is 2.16. The molecular weight excluding hydrogens is 300 g/mol. The first kappa shape index (κ1) is 15.8. The Kier molecular flexibility index (Phi) is 4.87. The van der Waals surface area contributed by atoms with Crippen LogP contribution >= 0.6 is 0 Å². The van der Waals surface area contributed by atoms with Crippen molar-refractivity contribution >= 4 is 5.91 Å². The Morgan fingerprint density at radius 3 is 2.88 bits per heavy atom. The van der Waals surface area contributed by atoms with Gasteiger partial charge in [0.15, 0.2) is 0 Å². The predicted molar refractivity (Wildman–Crippen MR) is 90.3 cm³/mol. The number of nitrogens with one attached hydrogen (secondary N) is 1. The quantitative estimate of drug-likeness (QED) is 0.693. The third kappa shape index (κ3) is 3.79. The fourth-order valence-corrected chi connectivity index (χ4v) is 2.73. The molecule has 0 saturated heterocycles. The van der Waals surface area contributed by atoms with Gasteiger partial charge in [0.05, 0.1) is 0 Å². The van der Waals surface area contributed by atoms with Gasteiger partial charge in [-0.25, -0.2) is 0 Å². The molecule has 0 aliphatic carbocycles. The van der Waals surface area contributed by atoms with Gasteiger partial charge < -0.3 is 10.2 Å². The average molecular weight is 318 g/mol. The van der Waals surface area contributed by atoms with E-state index in [-0.39, 0.29) is 11.5 Å². The molecule has 1 aromatic heterocycles. The van der Waals surface area contributed by atoms with E-state index < -0.39 is 0 Å². The van der Waals surface area contributed by atoms with Crippen molar-refractivity contribution in [1.82, 2.24) is 15.2 Å². The van der Waals surface area contributed by atoms with Crippen LogP contribution < -0.4 is 5.32 Å². The van der Waals surface area contributed by atoms with E-state index >= 15 is 0 Å². The first-order valence-electron chi connectivity index (χ1n) is 7.86. The molecule has 0 fully saturated rings. The molecule has 2 heterocycles. The van der Waals surface area contributed by atoms with E-state index in [1.54, 1.807) is 18.6 Å². The number of benzene rings is 1. The van der Waals surface area contributed by atoms with Gasteiger partial charge in [0, 0.05) is 38.2 Å². The number of hydrogen-bond donors (Lipinski definition) is 1. The zero-order valence-electron chi connectivity index (χ0n) is 13.3. The lowest BCUT2D eigenvalue weighted by Gasteiger charge is -2.27. The number of carbonyl (C=O) groups excluding carboxylic acids is 1. The number of rotatable bonds is 4. The molecule has 2 aromatic rings. The van der Waals surface area contributed by atoms with Gasteiger partial charge in [-0.1, -0.05) is 30.3 Å². The molecule has 24 heavy (non-hydrogen) atoms. The van der Waals surface area contributed by atoms with Crippen molar-refractivity contribution in [3.8, 4) is 6.07 Å². The van der Waals surface area contributed by atoms with Crippen LogP contribution in [-0.4, -0.2) is 22.3 Å². The van der Waals surface area contributed by atoms with E-state index in [4.69, 9.17) is 0 Å². The number of pyridine rings is 1. The monoisotopic (exact) mass is 318 g/mol. The lowest BCUT2D eigenvalue weighted by molar-refractivity contribution is -0.117. The van der Waals surface area contributed by atoms with Crippen molar-refractivity contribution < 1.29 is 4.79 Å². The highest BCUT2D eigenvalue weighted by atomic mass is 16.1.